The molecule has 0 aliphatic rings. The van der Waals surface area contributed by atoms with Gasteiger partial charge in [-0.25, -0.2) is 12.8 Å². The molecule has 0 saturated carbocycles. The molecule has 21 heavy (non-hydrogen) atoms. The average molecular weight is 304 g/mol. The highest BCUT2D eigenvalue weighted by atomic mass is 32.2. The van der Waals surface area contributed by atoms with E-state index in [-0.39, 0.29) is 4.90 Å². The molecule has 0 atom stereocenters. The number of anilines is 1. The molecule has 1 heterocycles. The van der Waals surface area contributed by atoms with Gasteiger partial charge in [0.15, 0.2) is 0 Å². The molecule has 1 aromatic heterocycles. The van der Waals surface area contributed by atoms with Crippen LogP contribution in [0.15, 0.2) is 53.4 Å². The van der Waals surface area contributed by atoms with Crippen molar-refractivity contribution in [3.8, 4) is 0 Å². The molecule has 3 aromatic rings. The van der Waals surface area contributed by atoms with Gasteiger partial charge in [-0.2, -0.15) is 0 Å². The topological polar surface area (TPSA) is 62.0 Å². The van der Waals surface area contributed by atoms with Gasteiger partial charge < -0.3 is 4.98 Å². The number of aromatic nitrogens is 1. The van der Waals surface area contributed by atoms with Crippen LogP contribution in [0.2, 0.25) is 0 Å². The number of aromatic amines is 1. The fourth-order valence-electron chi connectivity index (χ4n) is 2.21. The molecule has 0 aliphatic carbocycles. The van der Waals surface area contributed by atoms with Gasteiger partial charge in [0, 0.05) is 22.3 Å². The highest BCUT2D eigenvalue weighted by Crippen LogP contribution is 2.23. The van der Waals surface area contributed by atoms with Gasteiger partial charge in [0.2, 0.25) is 0 Å². The second kappa shape index (κ2) is 4.89. The molecule has 2 aromatic carbocycles. The number of aryl methyl sites for hydroxylation is 1. The van der Waals surface area contributed by atoms with E-state index in [1.54, 1.807) is 18.2 Å². The summed E-state index contributed by atoms with van der Waals surface area (Å²) in [6.45, 7) is 1.92. The van der Waals surface area contributed by atoms with Gasteiger partial charge in [-0.1, -0.05) is 12.1 Å². The summed E-state index contributed by atoms with van der Waals surface area (Å²) in [5, 5.41) is 0.890. The van der Waals surface area contributed by atoms with Crippen molar-refractivity contribution >= 4 is 26.6 Å². The second-order valence-electron chi connectivity index (χ2n) is 4.79. The number of fused-ring (bicyclic) bond motifs is 1. The normalized spacial score (nSPS) is 11.7. The Balaban J connectivity index is 1.99. The molecule has 0 aliphatic heterocycles. The minimum Gasteiger partial charge on any atom is -0.359 e. The lowest BCUT2D eigenvalue weighted by molar-refractivity contribution is 0.570. The zero-order chi connectivity index (χ0) is 15.0. The van der Waals surface area contributed by atoms with E-state index in [9.17, 15) is 12.8 Å². The number of H-pyrrole nitrogens is 1. The first kappa shape index (κ1) is 13.6. The molecule has 0 fully saturated rings. The van der Waals surface area contributed by atoms with E-state index in [4.69, 9.17) is 0 Å². The van der Waals surface area contributed by atoms with Crippen LogP contribution in [0.4, 0.5) is 10.1 Å². The molecular formula is C15H13FN2O2S. The number of hydrogen-bond donors (Lipinski definition) is 2. The van der Waals surface area contributed by atoms with E-state index < -0.39 is 15.8 Å². The molecule has 0 amide bonds. The lowest BCUT2D eigenvalue weighted by Gasteiger charge is -2.08. The quantitative estimate of drug-likeness (QED) is 0.779. The summed E-state index contributed by atoms with van der Waals surface area (Å²) in [5.74, 6) is -0.774. The monoisotopic (exact) mass is 304 g/mol. The first-order valence-corrected chi connectivity index (χ1v) is 7.81. The highest BCUT2D eigenvalue weighted by Gasteiger charge is 2.18. The summed E-state index contributed by atoms with van der Waals surface area (Å²) in [6.07, 6.45) is 0. The third kappa shape index (κ3) is 2.62. The van der Waals surface area contributed by atoms with Gasteiger partial charge in [-0.05, 0) is 43.3 Å². The van der Waals surface area contributed by atoms with Crippen LogP contribution in [-0.2, 0) is 10.0 Å². The SMILES string of the molecule is Cc1cc2cc(NS(=O)(=O)c3ccccc3F)ccc2[nH]1. The summed E-state index contributed by atoms with van der Waals surface area (Å²) in [6, 6.07) is 12.3. The fraction of sp³-hybridized carbons (Fsp3) is 0.0667. The van der Waals surface area contributed by atoms with E-state index in [1.807, 2.05) is 13.0 Å². The smallest absolute Gasteiger partial charge is 0.264 e. The number of sulfonamides is 1. The number of rotatable bonds is 3. The van der Waals surface area contributed by atoms with Crippen molar-refractivity contribution < 1.29 is 12.8 Å². The van der Waals surface area contributed by atoms with Crippen LogP contribution in [0.25, 0.3) is 10.9 Å². The zero-order valence-corrected chi connectivity index (χ0v) is 12.0. The van der Waals surface area contributed by atoms with Crippen molar-refractivity contribution in [2.24, 2.45) is 0 Å². The first-order valence-electron chi connectivity index (χ1n) is 6.32. The molecule has 3 rings (SSSR count). The Morgan fingerprint density at radius 1 is 1.10 bits per heavy atom. The maximum absolute atomic E-state index is 13.6. The largest absolute Gasteiger partial charge is 0.359 e. The van der Waals surface area contributed by atoms with E-state index in [1.165, 1.54) is 18.2 Å². The van der Waals surface area contributed by atoms with Gasteiger partial charge in [0.25, 0.3) is 10.0 Å². The van der Waals surface area contributed by atoms with Crippen molar-refractivity contribution in [1.82, 2.24) is 4.98 Å². The Hall–Kier alpha value is -2.34. The maximum atomic E-state index is 13.6. The Labute approximate surface area is 121 Å². The Morgan fingerprint density at radius 2 is 1.86 bits per heavy atom. The Kier molecular flexibility index (Phi) is 3.17. The predicted octanol–water partition coefficient (Wildman–Crippen LogP) is 3.42. The molecule has 0 radical (unpaired) electrons. The fourth-order valence-corrected chi connectivity index (χ4v) is 3.34. The molecule has 108 valence electrons. The minimum absolute atomic E-state index is 0.365. The van der Waals surface area contributed by atoms with Gasteiger partial charge in [-0.3, -0.25) is 4.72 Å². The summed E-state index contributed by atoms with van der Waals surface area (Å²) in [4.78, 5) is 2.79. The lowest BCUT2D eigenvalue weighted by atomic mass is 10.2. The van der Waals surface area contributed by atoms with Gasteiger partial charge >= 0.3 is 0 Å². The summed E-state index contributed by atoms with van der Waals surface area (Å²) < 4.78 is 40.4. The molecule has 2 N–H and O–H groups in total. The zero-order valence-electron chi connectivity index (χ0n) is 11.2. The molecule has 0 bridgehead atoms. The van der Waals surface area contributed by atoms with Gasteiger partial charge in [0.05, 0.1) is 0 Å². The average Bonchev–Trinajstić information content (AvgIpc) is 2.78. The van der Waals surface area contributed by atoms with E-state index in [2.05, 4.69) is 9.71 Å². The highest BCUT2D eigenvalue weighted by molar-refractivity contribution is 7.92. The van der Waals surface area contributed by atoms with E-state index >= 15 is 0 Å². The standard InChI is InChI=1S/C15H13FN2O2S/c1-10-8-11-9-12(6-7-14(11)17-10)18-21(19,20)15-5-3-2-4-13(15)16/h2-9,17-18H,1H3. The number of benzene rings is 2. The van der Waals surface area contributed by atoms with Crippen molar-refractivity contribution in [2.75, 3.05) is 4.72 Å². The number of halogens is 1. The summed E-state index contributed by atoms with van der Waals surface area (Å²) in [7, 11) is -3.94. The number of nitrogens with one attached hydrogen (secondary N) is 2. The third-order valence-corrected chi connectivity index (χ3v) is 4.55. The third-order valence-electron chi connectivity index (χ3n) is 3.13. The minimum atomic E-state index is -3.94. The van der Waals surface area contributed by atoms with Crippen LogP contribution < -0.4 is 4.72 Å². The van der Waals surface area contributed by atoms with Crippen LogP contribution >= 0.6 is 0 Å². The van der Waals surface area contributed by atoms with Crippen molar-refractivity contribution in [3.63, 3.8) is 0 Å². The maximum Gasteiger partial charge on any atom is 0.264 e. The van der Waals surface area contributed by atoms with Crippen molar-refractivity contribution in [1.29, 1.82) is 0 Å². The lowest BCUT2D eigenvalue weighted by Crippen LogP contribution is -2.14. The molecule has 0 saturated heterocycles. The molecular weight excluding hydrogens is 291 g/mol. The van der Waals surface area contributed by atoms with Crippen molar-refractivity contribution in [2.45, 2.75) is 11.8 Å². The van der Waals surface area contributed by atoms with Crippen LogP contribution in [0.3, 0.4) is 0 Å². The molecule has 4 nitrogen and oxygen atoms in total. The van der Waals surface area contributed by atoms with Crippen LogP contribution in [-0.4, -0.2) is 13.4 Å². The van der Waals surface area contributed by atoms with Crippen LogP contribution in [0.5, 0.6) is 0 Å². The summed E-state index contributed by atoms with van der Waals surface area (Å²) in [5.41, 5.74) is 2.30. The summed E-state index contributed by atoms with van der Waals surface area (Å²) >= 11 is 0. The predicted molar refractivity (Wildman–Crippen MR) is 80.2 cm³/mol. The van der Waals surface area contributed by atoms with Crippen molar-refractivity contribution in [3.05, 3.63) is 60.0 Å². The molecule has 0 spiro atoms. The molecule has 0 unspecified atom stereocenters. The first-order chi connectivity index (χ1) is 9.95. The van der Waals surface area contributed by atoms with Gasteiger partial charge in [-0.15, -0.1) is 0 Å². The van der Waals surface area contributed by atoms with Crippen LogP contribution in [0.1, 0.15) is 5.69 Å². The Morgan fingerprint density at radius 3 is 2.62 bits per heavy atom. The Bertz CT molecular complexity index is 916. The number of hydrogen-bond acceptors (Lipinski definition) is 2. The van der Waals surface area contributed by atoms with Crippen LogP contribution in [0, 0.1) is 12.7 Å². The van der Waals surface area contributed by atoms with Gasteiger partial charge in [0.1, 0.15) is 10.7 Å². The second-order valence-corrected chi connectivity index (χ2v) is 6.44. The molecule has 6 heteroatoms. The van der Waals surface area contributed by atoms with E-state index in [0.717, 1.165) is 22.7 Å². The van der Waals surface area contributed by atoms with E-state index in [0.29, 0.717) is 5.69 Å².